The molecule has 0 atom stereocenters. The first-order chi connectivity index (χ1) is 11.5. The molecule has 0 unspecified atom stereocenters. The number of hydrogen-bond acceptors (Lipinski definition) is 3. The number of amides is 1. The molecule has 122 valence electrons. The van der Waals surface area contributed by atoms with Crippen molar-refractivity contribution >= 4 is 27.8 Å². The largest absolute Gasteiger partial charge is 0.289 e. The fourth-order valence-electron chi connectivity index (χ4n) is 2.32. The first-order valence-corrected chi connectivity index (χ1v) is 8.01. The van der Waals surface area contributed by atoms with Crippen LogP contribution < -0.4 is 5.32 Å². The average Bonchev–Trinajstić information content (AvgIpc) is 2.92. The number of anilines is 1. The average molecular weight is 389 g/mol. The van der Waals surface area contributed by atoms with Crippen molar-refractivity contribution in [1.82, 2.24) is 14.8 Å². The Balaban J connectivity index is 1.89. The van der Waals surface area contributed by atoms with Crippen LogP contribution in [0, 0.1) is 19.7 Å². The highest BCUT2D eigenvalue weighted by Crippen LogP contribution is 2.22. The van der Waals surface area contributed by atoms with Crippen molar-refractivity contribution in [3.63, 3.8) is 0 Å². The van der Waals surface area contributed by atoms with Crippen LogP contribution in [-0.2, 0) is 0 Å². The molecule has 0 bridgehead atoms. The fourth-order valence-corrected chi connectivity index (χ4v) is 2.89. The quantitative estimate of drug-likeness (QED) is 0.736. The van der Waals surface area contributed by atoms with Gasteiger partial charge in [-0.05, 0) is 59.6 Å². The lowest BCUT2D eigenvalue weighted by Crippen LogP contribution is -2.15. The van der Waals surface area contributed by atoms with Gasteiger partial charge in [-0.15, -0.1) is 5.10 Å². The van der Waals surface area contributed by atoms with Gasteiger partial charge < -0.3 is 0 Å². The van der Waals surface area contributed by atoms with Crippen molar-refractivity contribution in [2.45, 2.75) is 13.8 Å². The highest BCUT2D eigenvalue weighted by Gasteiger charge is 2.17. The molecule has 0 radical (unpaired) electrons. The molecular formula is C17H14BrFN4O. The Hall–Kier alpha value is -2.54. The van der Waals surface area contributed by atoms with Gasteiger partial charge in [-0.3, -0.25) is 10.1 Å². The third-order valence-electron chi connectivity index (χ3n) is 3.41. The van der Waals surface area contributed by atoms with Crippen molar-refractivity contribution in [3.05, 3.63) is 69.7 Å². The third kappa shape index (κ3) is 3.21. The molecule has 3 aromatic rings. The maximum Gasteiger partial charge on any atom is 0.261 e. The Kier molecular flexibility index (Phi) is 4.44. The van der Waals surface area contributed by atoms with E-state index in [0.29, 0.717) is 5.82 Å². The van der Waals surface area contributed by atoms with Crippen molar-refractivity contribution in [1.29, 1.82) is 0 Å². The Morgan fingerprint density at radius 3 is 2.62 bits per heavy atom. The van der Waals surface area contributed by atoms with Gasteiger partial charge in [-0.1, -0.05) is 18.2 Å². The maximum atomic E-state index is 14.1. The van der Waals surface area contributed by atoms with Crippen LogP contribution in [0.1, 0.15) is 21.7 Å². The number of benzene rings is 2. The predicted octanol–water partition coefficient (Wildman–Crippen LogP) is 4.04. The lowest BCUT2D eigenvalue weighted by atomic mass is 10.1. The van der Waals surface area contributed by atoms with E-state index >= 15 is 0 Å². The summed E-state index contributed by atoms with van der Waals surface area (Å²) in [4.78, 5) is 16.5. The zero-order valence-corrected chi connectivity index (χ0v) is 14.6. The summed E-state index contributed by atoms with van der Waals surface area (Å²) in [7, 11) is 0. The molecule has 0 spiro atoms. The van der Waals surface area contributed by atoms with E-state index in [2.05, 4.69) is 31.3 Å². The van der Waals surface area contributed by atoms with E-state index in [1.165, 1.54) is 6.07 Å². The molecule has 2 aromatic carbocycles. The molecule has 0 aliphatic carbocycles. The Morgan fingerprint density at radius 1 is 1.21 bits per heavy atom. The fraction of sp³-hybridized carbons (Fsp3) is 0.118. The van der Waals surface area contributed by atoms with Crippen LogP contribution >= 0.6 is 15.9 Å². The zero-order chi connectivity index (χ0) is 17.3. The van der Waals surface area contributed by atoms with E-state index in [9.17, 15) is 9.18 Å². The topological polar surface area (TPSA) is 59.8 Å². The predicted molar refractivity (Wildman–Crippen MR) is 92.9 cm³/mol. The van der Waals surface area contributed by atoms with E-state index in [1.54, 1.807) is 24.6 Å². The summed E-state index contributed by atoms with van der Waals surface area (Å²) >= 11 is 3.11. The molecule has 5 nitrogen and oxygen atoms in total. The van der Waals surface area contributed by atoms with Gasteiger partial charge in [-0.2, -0.15) is 4.98 Å². The highest BCUT2D eigenvalue weighted by atomic mass is 79.9. The SMILES string of the molecule is Cc1cc(Br)c(F)c(C(=O)Nc2nc(C)n(-c3ccccc3)n2)c1. The van der Waals surface area contributed by atoms with Gasteiger partial charge in [0.1, 0.15) is 11.6 Å². The Morgan fingerprint density at radius 2 is 1.92 bits per heavy atom. The van der Waals surface area contributed by atoms with Crippen LogP contribution in [0.15, 0.2) is 46.9 Å². The second-order valence-corrected chi connectivity index (χ2v) is 6.15. The number of carbonyl (C=O) groups is 1. The first kappa shape index (κ1) is 16.3. The normalized spacial score (nSPS) is 10.7. The molecule has 0 aliphatic heterocycles. The minimum atomic E-state index is -0.614. The number of nitrogens with zero attached hydrogens (tertiary/aromatic N) is 3. The lowest BCUT2D eigenvalue weighted by Gasteiger charge is -2.06. The number of hydrogen-bond donors (Lipinski definition) is 1. The number of para-hydroxylation sites is 1. The number of aromatic nitrogens is 3. The molecule has 7 heteroatoms. The van der Waals surface area contributed by atoms with Gasteiger partial charge in [0, 0.05) is 0 Å². The standard InChI is InChI=1S/C17H14BrFN4O/c1-10-8-13(15(19)14(18)9-10)16(24)21-17-20-11(2)23(22-17)12-6-4-3-5-7-12/h3-9H,1-2H3,(H,21,22,24). The molecule has 1 aromatic heterocycles. The lowest BCUT2D eigenvalue weighted by molar-refractivity contribution is 0.102. The van der Waals surface area contributed by atoms with Gasteiger partial charge in [0.2, 0.25) is 5.95 Å². The van der Waals surface area contributed by atoms with Crippen LogP contribution in [0.5, 0.6) is 0 Å². The van der Waals surface area contributed by atoms with E-state index in [1.807, 2.05) is 30.3 Å². The number of nitrogens with one attached hydrogen (secondary N) is 1. The molecule has 0 saturated heterocycles. The first-order valence-electron chi connectivity index (χ1n) is 7.22. The van der Waals surface area contributed by atoms with E-state index < -0.39 is 11.7 Å². The van der Waals surface area contributed by atoms with Crippen LogP contribution in [0.2, 0.25) is 0 Å². The van der Waals surface area contributed by atoms with Crippen molar-refractivity contribution in [2.24, 2.45) is 0 Å². The van der Waals surface area contributed by atoms with Crippen molar-refractivity contribution < 1.29 is 9.18 Å². The van der Waals surface area contributed by atoms with E-state index in [4.69, 9.17) is 0 Å². The molecule has 24 heavy (non-hydrogen) atoms. The minimum absolute atomic E-state index is 0.0596. The molecule has 1 amide bonds. The van der Waals surface area contributed by atoms with Crippen LogP contribution in [0.4, 0.5) is 10.3 Å². The third-order valence-corrected chi connectivity index (χ3v) is 3.99. The van der Waals surface area contributed by atoms with Crippen molar-refractivity contribution in [2.75, 3.05) is 5.32 Å². The molecule has 0 fully saturated rings. The van der Waals surface area contributed by atoms with E-state index in [0.717, 1.165) is 11.3 Å². The van der Waals surface area contributed by atoms with Crippen molar-refractivity contribution in [3.8, 4) is 5.69 Å². The summed E-state index contributed by atoms with van der Waals surface area (Å²) in [6, 6.07) is 12.5. The van der Waals surface area contributed by atoms with Gasteiger partial charge in [0.25, 0.3) is 5.91 Å². The Labute approximate surface area is 146 Å². The summed E-state index contributed by atoms with van der Waals surface area (Å²) in [5.41, 5.74) is 1.54. The van der Waals surface area contributed by atoms with Gasteiger partial charge in [-0.25, -0.2) is 9.07 Å². The smallest absolute Gasteiger partial charge is 0.261 e. The number of carbonyl (C=O) groups excluding carboxylic acids is 1. The Bertz CT molecular complexity index is 908. The number of halogens is 2. The molecule has 0 saturated carbocycles. The van der Waals surface area contributed by atoms with E-state index in [-0.39, 0.29) is 16.0 Å². The van der Waals surface area contributed by atoms with Gasteiger partial charge >= 0.3 is 0 Å². The second kappa shape index (κ2) is 6.52. The zero-order valence-electron chi connectivity index (χ0n) is 13.0. The molecular weight excluding hydrogens is 375 g/mol. The number of rotatable bonds is 3. The summed E-state index contributed by atoms with van der Waals surface area (Å²) in [6.07, 6.45) is 0. The monoisotopic (exact) mass is 388 g/mol. The summed E-state index contributed by atoms with van der Waals surface area (Å²) < 4.78 is 16.0. The summed E-state index contributed by atoms with van der Waals surface area (Å²) in [6.45, 7) is 3.56. The van der Waals surface area contributed by atoms with Crippen LogP contribution in [0.3, 0.4) is 0 Å². The van der Waals surface area contributed by atoms with Crippen LogP contribution in [-0.4, -0.2) is 20.7 Å². The maximum absolute atomic E-state index is 14.1. The summed E-state index contributed by atoms with van der Waals surface area (Å²) in [5.74, 6) is -0.472. The minimum Gasteiger partial charge on any atom is -0.289 e. The van der Waals surface area contributed by atoms with Crippen LogP contribution in [0.25, 0.3) is 5.69 Å². The van der Waals surface area contributed by atoms with Gasteiger partial charge in [0.05, 0.1) is 15.7 Å². The molecule has 0 aliphatic rings. The highest BCUT2D eigenvalue weighted by molar-refractivity contribution is 9.10. The molecule has 3 rings (SSSR count). The number of aryl methyl sites for hydroxylation is 2. The summed E-state index contributed by atoms with van der Waals surface area (Å²) in [5, 5.41) is 6.80. The molecule has 1 heterocycles. The molecule has 1 N–H and O–H groups in total. The van der Waals surface area contributed by atoms with Gasteiger partial charge in [0.15, 0.2) is 0 Å². The second-order valence-electron chi connectivity index (χ2n) is 5.29.